The molecule has 0 fully saturated rings. The van der Waals surface area contributed by atoms with Crippen LogP contribution >= 0.6 is 11.8 Å². The van der Waals surface area contributed by atoms with Crippen LogP contribution in [-0.4, -0.2) is 112 Å². The summed E-state index contributed by atoms with van der Waals surface area (Å²) in [6, 6.07) is -4.95. The maximum Gasteiger partial charge on any atom is 0.305 e. The normalized spacial score (nSPS) is 13.2. The highest BCUT2D eigenvalue weighted by Gasteiger charge is 2.29. The van der Waals surface area contributed by atoms with Gasteiger partial charge in [-0.2, -0.15) is 11.8 Å². The first-order valence-corrected chi connectivity index (χ1v) is 15.1. The molecule has 0 spiro atoms. The molecule has 0 aromatic carbocycles. The number of rotatable bonds is 21. The fourth-order valence-electron chi connectivity index (χ4n) is 3.83. The van der Waals surface area contributed by atoms with Gasteiger partial charge in [0.25, 0.3) is 0 Å². The van der Waals surface area contributed by atoms with Crippen LogP contribution in [0, 0.1) is 0 Å². The summed E-state index contributed by atoms with van der Waals surface area (Å²) >= 11 is 1.46. The van der Waals surface area contributed by atoms with E-state index >= 15 is 0 Å². The van der Waals surface area contributed by atoms with Crippen LogP contribution in [0.2, 0.25) is 0 Å². The first-order chi connectivity index (χ1) is 21.2. The predicted molar refractivity (Wildman–Crippen MR) is 163 cm³/mol. The van der Waals surface area contributed by atoms with Crippen LogP contribution in [0.4, 0.5) is 0 Å². The second-order valence-electron chi connectivity index (χ2n) is 9.72. The van der Waals surface area contributed by atoms with Gasteiger partial charge >= 0.3 is 5.97 Å². The van der Waals surface area contributed by atoms with Crippen LogP contribution in [-0.2, 0) is 40.0 Å². The molecule has 19 nitrogen and oxygen atoms in total. The number of thioether (sulfide) groups is 1. The molecule has 1 aromatic heterocycles. The maximum absolute atomic E-state index is 13.0. The number of nitrogens with two attached hydrogens (primary N) is 3. The van der Waals surface area contributed by atoms with E-state index in [1.165, 1.54) is 31.2 Å². The van der Waals surface area contributed by atoms with Crippen LogP contribution in [0.25, 0.3) is 0 Å². The third kappa shape index (κ3) is 16.0. The summed E-state index contributed by atoms with van der Waals surface area (Å²) in [6.07, 6.45) is 4.29. The van der Waals surface area contributed by atoms with Gasteiger partial charge in [-0.15, -0.1) is 0 Å². The summed E-state index contributed by atoms with van der Waals surface area (Å²) < 4.78 is 0. The molecule has 0 bridgehead atoms. The number of primary amides is 1. The highest BCUT2D eigenvalue weighted by molar-refractivity contribution is 7.98. The van der Waals surface area contributed by atoms with Crippen molar-refractivity contribution in [1.82, 2.24) is 36.6 Å². The molecule has 1 aromatic rings. The number of aliphatic imine (C=N–C) groups is 1. The van der Waals surface area contributed by atoms with Crippen LogP contribution in [0.5, 0.6) is 0 Å². The molecular formula is C25H41N11O8S. The van der Waals surface area contributed by atoms with Gasteiger partial charge in [0.1, 0.15) is 24.2 Å². The number of hydrogen-bond donors (Lipinski definition) is 10. The fourth-order valence-corrected chi connectivity index (χ4v) is 4.30. The molecule has 1 rings (SSSR count). The van der Waals surface area contributed by atoms with Crippen LogP contribution in [0.1, 0.15) is 38.3 Å². The summed E-state index contributed by atoms with van der Waals surface area (Å²) in [4.78, 5) is 96.7. The molecule has 0 saturated heterocycles. The van der Waals surface area contributed by atoms with Gasteiger partial charge in [-0.05, 0) is 31.3 Å². The summed E-state index contributed by atoms with van der Waals surface area (Å²) in [5.41, 5.74) is 16.5. The molecule has 0 aliphatic carbocycles. The number of hydrogen-bond acceptors (Lipinski definition) is 10. The third-order valence-corrected chi connectivity index (χ3v) is 6.62. The smallest absolute Gasteiger partial charge is 0.305 e. The second-order valence-corrected chi connectivity index (χ2v) is 10.7. The summed E-state index contributed by atoms with van der Waals surface area (Å²) in [6.45, 7) is 0.697. The van der Waals surface area contributed by atoms with Gasteiger partial charge in [0.15, 0.2) is 5.96 Å². The van der Waals surface area contributed by atoms with Crippen molar-refractivity contribution in [3.63, 3.8) is 0 Å². The Labute approximate surface area is 263 Å². The van der Waals surface area contributed by atoms with Gasteiger partial charge in [-0.3, -0.25) is 38.6 Å². The van der Waals surface area contributed by atoms with Crippen molar-refractivity contribution >= 4 is 59.1 Å². The monoisotopic (exact) mass is 655 g/mol. The van der Waals surface area contributed by atoms with Crippen molar-refractivity contribution in [2.75, 3.05) is 25.1 Å². The Morgan fingerprint density at radius 2 is 1.58 bits per heavy atom. The van der Waals surface area contributed by atoms with E-state index in [0.717, 1.165) is 0 Å². The van der Waals surface area contributed by atoms with E-state index < -0.39 is 78.5 Å². The average Bonchev–Trinajstić information content (AvgIpc) is 3.47. The Morgan fingerprint density at radius 3 is 2.13 bits per heavy atom. The zero-order chi connectivity index (χ0) is 33.9. The lowest BCUT2D eigenvalue weighted by Crippen LogP contribution is -2.56. The minimum atomic E-state index is -1.62. The van der Waals surface area contributed by atoms with Crippen molar-refractivity contribution in [1.29, 1.82) is 0 Å². The van der Waals surface area contributed by atoms with Gasteiger partial charge < -0.3 is 53.9 Å². The van der Waals surface area contributed by atoms with Crippen LogP contribution in [0.3, 0.4) is 0 Å². The molecule has 250 valence electrons. The zero-order valence-electron chi connectivity index (χ0n) is 25.0. The van der Waals surface area contributed by atoms with Crippen LogP contribution < -0.4 is 43.8 Å². The van der Waals surface area contributed by atoms with E-state index in [0.29, 0.717) is 17.9 Å². The molecular weight excluding hydrogens is 614 g/mol. The number of carbonyl (C=O) groups is 7. The number of H-pyrrole nitrogens is 1. The number of aliphatic carboxylic acids is 1. The Bertz CT molecular complexity index is 1210. The molecule has 13 N–H and O–H groups in total. The lowest BCUT2D eigenvalue weighted by atomic mass is 10.1. The van der Waals surface area contributed by atoms with E-state index in [9.17, 15) is 38.7 Å². The van der Waals surface area contributed by atoms with E-state index in [2.05, 4.69) is 41.5 Å². The standard InChI is InChI=1S/C25H41N11O8S/c1-13(37)33-16(5-7-45-2)23(43)35-15(4-3-6-30-25(27)28)22(42)31-11-19(38)34-18(9-20(39)40)24(44)36-17(21(26)41)8-14-10-29-12-32-14/h10,12,15-18H,3-9,11H2,1-2H3,(H2,26,41)(H,29,32)(H,31,42)(H,33,37)(H,34,38)(H,35,43)(H,36,44)(H,39,40)(H4,27,28,30)/t15-,16-,17-,18-/m0/s1. The lowest BCUT2D eigenvalue weighted by Gasteiger charge is -2.23. The zero-order valence-corrected chi connectivity index (χ0v) is 25.8. The van der Waals surface area contributed by atoms with Gasteiger partial charge in [-0.1, -0.05) is 0 Å². The van der Waals surface area contributed by atoms with E-state index in [1.807, 2.05) is 6.26 Å². The molecule has 0 saturated carbocycles. The largest absolute Gasteiger partial charge is 0.481 e. The molecule has 45 heavy (non-hydrogen) atoms. The number of nitrogens with zero attached hydrogens (tertiary/aromatic N) is 2. The third-order valence-electron chi connectivity index (χ3n) is 5.98. The Hall–Kier alpha value is -4.88. The number of carboxylic acids is 1. The van der Waals surface area contributed by atoms with Gasteiger partial charge in [0.05, 0.1) is 19.3 Å². The van der Waals surface area contributed by atoms with Crippen molar-refractivity contribution < 1.29 is 38.7 Å². The molecule has 4 atom stereocenters. The summed E-state index contributed by atoms with van der Waals surface area (Å²) in [5.74, 6) is -5.72. The number of carbonyl (C=O) groups excluding carboxylic acids is 6. The van der Waals surface area contributed by atoms with Crippen molar-refractivity contribution in [2.24, 2.45) is 22.2 Å². The molecule has 1 heterocycles. The van der Waals surface area contributed by atoms with Crippen LogP contribution in [0.15, 0.2) is 17.5 Å². The molecule has 0 aliphatic heterocycles. The first-order valence-electron chi connectivity index (χ1n) is 13.7. The minimum Gasteiger partial charge on any atom is -0.481 e. The molecule has 6 amide bonds. The van der Waals surface area contributed by atoms with E-state index in [-0.39, 0.29) is 31.8 Å². The number of guanidine groups is 1. The van der Waals surface area contributed by atoms with Crippen molar-refractivity contribution in [3.05, 3.63) is 18.2 Å². The molecule has 0 radical (unpaired) electrons. The summed E-state index contributed by atoms with van der Waals surface area (Å²) in [5, 5.41) is 21.2. The summed E-state index contributed by atoms with van der Waals surface area (Å²) in [7, 11) is 0. The number of amides is 6. The van der Waals surface area contributed by atoms with Gasteiger partial charge in [0.2, 0.25) is 35.4 Å². The average molecular weight is 656 g/mol. The molecule has 0 aliphatic rings. The maximum atomic E-state index is 13.0. The lowest BCUT2D eigenvalue weighted by molar-refractivity contribution is -0.141. The van der Waals surface area contributed by atoms with Crippen molar-refractivity contribution in [2.45, 2.75) is 63.2 Å². The Kier molecular flexibility index (Phi) is 17.1. The highest BCUT2D eigenvalue weighted by atomic mass is 32.2. The molecule has 0 unspecified atom stereocenters. The number of aromatic nitrogens is 2. The quantitative estimate of drug-likeness (QED) is 0.0342. The van der Waals surface area contributed by atoms with Crippen molar-refractivity contribution in [3.8, 4) is 0 Å². The minimum absolute atomic E-state index is 0.0557. The fraction of sp³-hybridized carbons (Fsp3) is 0.560. The molecule has 20 heteroatoms. The SMILES string of the molecule is CSCC[C@H](NC(C)=O)C(=O)N[C@@H](CCCN=C(N)N)C(=O)NCC(=O)N[C@@H](CC(=O)O)C(=O)N[C@@H](Cc1cnc[nH]1)C(N)=O. The number of aromatic amines is 1. The predicted octanol–water partition coefficient (Wildman–Crippen LogP) is -4.21. The van der Waals surface area contributed by atoms with Gasteiger partial charge in [0, 0.05) is 31.8 Å². The Morgan fingerprint density at radius 1 is 0.933 bits per heavy atom. The topological polar surface area (TPSA) is 319 Å². The number of nitrogens with one attached hydrogen (secondary N) is 6. The van der Waals surface area contributed by atoms with E-state index in [4.69, 9.17) is 17.2 Å². The van der Waals surface area contributed by atoms with E-state index in [1.54, 1.807) is 0 Å². The highest BCUT2D eigenvalue weighted by Crippen LogP contribution is 2.05. The van der Waals surface area contributed by atoms with Gasteiger partial charge in [-0.25, -0.2) is 4.98 Å². The first kappa shape index (κ1) is 38.1. The number of imidazole rings is 1. The number of carboxylic acid groups (broad SMARTS) is 1. The Balaban J connectivity index is 2.93. The second kappa shape index (κ2) is 20.1.